The van der Waals surface area contributed by atoms with Crippen LogP contribution in [-0.2, 0) is 17.8 Å². The molecule has 1 amide bonds. The van der Waals surface area contributed by atoms with Crippen molar-refractivity contribution < 1.29 is 18.8 Å². The minimum atomic E-state index is -0.278. The summed E-state index contributed by atoms with van der Waals surface area (Å²) >= 11 is 0. The van der Waals surface area contributed by atoms with Crippen molar-refractivity contribution in [3.63, 3.8) is 0 Å². The molecule has 8 heteroatoms. The number of ether oxygens (including phenoxy) is 2. The lowest BCUT2D eigenvalue weighted by Gasteiger charge is -2.08. The molecule has 0 saturated carbocycles. The highest BCUT2D eigenvalue weighted by Gasteiger charge is 2.10. The van der Waals surface area contributed by atoms with E-state index in [2.05, 4.69) is 15.5 Å². The second kappa shape index (κ2) is 7.41. The van der Waals surface area contributed by atoms with Crippen LogP contribution in [0.2, 0.25) is 0 Å². The van der Waals surface area contributed by atoms with Gasteiger partial charge in [-0.15, -0.1) is 0 Å². The Morgan fingerprint density at radius 3 is 2.77 bits per heavy atom. The third-order valence-electron chi connectivity index (χ3n) is 2.94. The molecule has 0 atom stereocenters. The molecule has 0 bridgehead atoms. The average molecular weight is 306 g/mol. The maximum Gasteiger partial charge on any atom is 0.246 e. The summed E-state index contributed by atoms with van der Waals surface area (Å²) in [4.78, 5) is 15.3. The summed E-state index contributed by atoms with van der Waals surface area (Å²) in [7, 11) is 3.16. The van der Waals surface area contributed by atoms with Crippen LogP contribution in [0.3, 0.4) is 0 Å². The summed E-state index contributed by atoms with van der Waals surface area (Å²) < 4.78 is 15.5. The minimum absolute atomic E-state index is 0.0767. The average Bonchev–Trinajstić information content (AvgIpc) is 2.99. The number of nitrogens with two attached hydrogens (primary N) is 1. The number of carbonyl (C=O) groups excluding carboxylic acids is 1. The molecule has 3 N–H and O–H groups in total. The van der Waals surface area contributed by atoms with Crippen molar-refractivity contribution in [3.8, 4) is 11.5 Å². The van der Waals surface area contributed by atoms with Gasteiger partial charge < -0.3 is 25.0 Å². The highest BCUT2D eigenvalue weighted by atomic mass is 16.5. The number of hydrogen-bond donors (Lipinski definition) is 2. The Labute approximate surface area is 127 Å². The number of carbonyl (C=O) groups is 1. The second-order valence-electron chi connectivity index (χ2n) is 4.45. The summed E-state index contributed by atoms with van der Waals surface area (Å²) in [6, 6.07) is 5.56. The molecule has 0 fully saturated rings. The highest BCUT2D eigenvalue weighted by Crippen LogP contribution is 2.28. The number of rotatable bonds is 7. The zero-order valence-electron chi connectivity index (χ0n) is 12.5. The molecule has 0 unspecified atom stereocenters. The molecule has 0 aliphatic heterocycles. The van der Waals surface area contributed by atoms with Crippen LogP contribution in [0.15, 0.2) is 22.7 Å². The van der Waals surface area contributed by atoms with E-state index in [0.29, 0.717) is 29.6 Å². The Hall–Kier alpha value is -2.61. The molecule has 0 radical (unpaired) electrons. The Morgan fingerprint density at radius 1 is 1.32 bits per heavy atom. The fourth-order valence-electron chi connectivity index (χ4n) is 1.85. The number of nitrogens with zero attached hydrogens (tertiary/aromatic N) is 2. The van der Waals surface area contributed by atoms with Crippen LogP contribution in [-0.4, -0.2) is 36.8 Å². The van der Waals surface area contributed by atoms with Crippen molar-refractivity contribution in [2.45, 2.75) is 13.0 Å². The Bertz CT molecular complexity index is 642. The first kappa shape index (κ1) is 15.8. The van der Waals surface area contributed by atoms with Gasteiger partial charge in [0.05, 0.1) is 27.3 Å². The molecule has 8 nitrogen and oxygen atoms in total. The van der Waals surface area contributed by atoms with Crippen molar-refractivity contribution in [2.75, 3.05) is 20.8 Å². The van der Waals surface area contributed by atoms with Crippen LogP contribution in [0.1, 0.15) is 17.3 Å². The third kappa shape index (κ3) is 3.95. The van der Waals surface area contributed by atoms with Crippen LogP contribution in [0.5, 0.6) is 11.5 Å². The van der Waals surface area contributed by atoms with Gasteiger partial charge in [-0.2, -0.15) is 4.98 Å². The van der Waals surface area contributed by atoms with Crippen LogP contribution in [0.4, 0.5) is 0 Å². The molecule has 1 aromatic heterocycles. The predicted octanol–water partition coefficient (Wildman–Crippen LogP) is 0.253. The normalized spacial score (nSPS) is 10.3. The van der Waals surface area contributed by atoms with Crippen molar-refractivity contribution in [1.82, 2.24) is 15.5 Å². The molecule has 118 valence electrons. The number of nitrogens with one attached hydrogen (secondary N) is 1. The van der Waals surface area contributed by atoms with E-state index >= 15 is 0 Å². The van der Waals surface area contributed by atoms with E-state index in [9.17, 15) is 4.79 Å². The topological polar surface area (TPSA) is 113 Å². The van der Waals surface area contributed by atoms with Gasteiger partial charge in [0.2, 0.25) is 11.8 Å². The first-order valence-corrected chi connectivity index (χ1v) is 6.65. The van der Waals surface area contributed by atoms with Crippen molar-refractivity contribution in [1.29, 1.82) is 0 Å². The number of hydrogen-bond acceptors (Lipinski definition) is 7. The maximum atomic E-state index is 11.1. The van der Waals surface area contributed by atoms with Crippen molar-refractivity contribution >= 4 is 5.91 Å². The standard InChI is InChI=1S/C14H18N4O4/c1-20-10-4-3-9(5-11(10)21-2)6-12-17-14(22-18-12)8-16-13(19)7-15/h3-5H,6-8,15H2,1-2H3,(H,16,19). The molecule has 22 heavy (non-hydrogen) atoms. The van der Waals surface area contributed by atoms with Gasteiger partial charge in [-0.1, -0.05) is 11.2 Å². The fourth-order valence-corrected chi connectivity index (χ4v) is 1.85. The molecule has 0 spiro atoms. The largest absolute Gasteiger partial charge is 0.493 e. The summed E-state index contributed by atoms with van der Waals surface area (Å²) in [6.07, 6.45) is 0.481. The maximum absolute atomic E-state index is 11.1. The zero-order chi connectivity index (χ0) is 15.9. The lowest BCUT2D eigenvalue weighted by molar-refractivity contribution is -0.120. The van der Waals surface area contributed by atoms with Crippen LogP contribution >= 0.6 is 0 Å². The monoisotopic (exact) mass is 306 g/mol. The van der Waals surface area contributed by atoms with Crippen LogP contribution < -0.4 is 20.5 Å². The number of amides is 1. The van der Waals surface area contributed by atoms with E-state index in [-0.39, 0.29) is 19.0 Å². The van der Waals surface area contributed by atoms with Gasteiger partial charge in [0, 0.05) is 6.42 Å². The molecule has 2 aromatic rings. The van der Waals surface area contributed by atoms with Crippen LogP contribution in [0, 0.1) is 0 Å². The highest BCUT2D eigenvalue weighted by molar-refractivity contribution is 5.77. The molecule has 0 aliphatic rings. The predicted molar refractivity (Wildman–Crippen MR) is 77.6 cm³/mol. The molecule has 2 rings (SSSR count). The molecular formula is C14H18N4O4. The first-order chi connectivity index (χ1) is 10.7. The summed E-state index contributed by atoms with van der Waals surface area (Å²) in [5.74, 6) is 1.87. The van der Waals surface area contributed by atoms with Gasteiger partial charge in [0.1, 0.15) is 0 Å². The lowest BCUT2D eigenvalue weighted by Crippen LogP contribution is -2.29. The molecule has 0 aliphatic carbocycles. The Morgan fingerprint density at radius 2 is 2.09 bits per heavy atom. The minimum Gasteiger partial charge on any atom is -0.493 e. The van der Waals surface area contributed by atoms with Crippen molar-refractivity contribution in [3.05, 3.63) is 35.5 Å². The van der Waals surface area contributed by atoms with Gasteiger partial charge in [-0.3, -0.25) is 4.79 Å². The van der Waals surface area contributed by atoms with Gasteiger partial charge in [-0.25, -0.2) is 0 Å². The second-order valence-corrected chi connectivity index (χ2v) is 4.45. The Balaban J connectivity index is 2.02. The van der Waals surface area contributed by atoms with E-state index in [1.807, 2.05) is 18.2 Å². The summed E-state index contributed by atoms with van der Waals surface area (Å²) in [6.45, 7) is 0.0849. The smallest absolute Gasteiger partial charge is 0.246 e. The van der Waals surface area contributed by atoms with Crippen LogP contribution in [0.25, 0.3) is 0 Å². The number of methoxy groups -OCH3 is 2. The Kier molecular flexibility index (Phi) is 5.31. The SMILES string of the molecule is COc1ccc(Cc2noc(CNC(=O)CN)n2)cc1OC. The van der Waals surface area contributed by atoms with E-state index in [0.717, 1.165) is 5.56 Å². The number of aromatic nitrogens is 2. The lowest BCUT2D eigenvalue weighted by atomic mass is 10.1. The van der Waals surface area contributed by atoms with Gasteiger partial charge in [-0.05, 0) is 17.7 Å². The van der Waals surface area contributed by atoms with Gasteiger partial charge in [0.25, 0.3) is 0 Å². The molecule has 1 heterocycles. The molecular weight excluding hydrogens is 288 g/mol. The molecule has 1 aromatic carbocycles. The van der Waals surface area contributed by atoms with E-state index < -0.39 is 0 Å². The molecule has 0 saturated heterocycles. The third-order valence-corrected chi connectivity index (χ3v) is 2.94. The van der Waals surface area contributed by atoms with E-state index in [1.54, 1.807) is 14.2 Å². The summed E-state index contributed by atoms with van der Waals surface area (Å²) in [5, 5.41) is 6.44. The van der Waals surface area contributed by atoms with Crippen molar-refractivity contribution in [2.24, 2.45) is 5.73 Å². The van der Waals surface area contributed by atoms with Gasteiger partial charge in [0.15, 0.2) is 17.3 Å². The van der Waals surface area contributed by atoms with Gasteiger partial charge >= 0.3 is 0 Å². The van der Waals surface area contributed by atoms with E-state index in [4.69, 9.17) is 19.7 Å². The van der Waals surface area contributed by atoms with E-state index in [1.165, 1.54) is 0 Å². The quantitative estimate of drug-likeness (QED) is 0.754. The number of benzene rings is 1. The fraction of sp³-hybridized carbons (Fsp3) is 0.357. The zero-order valence-corrected chi connectivity index (χ0v) is 12.5. The summed E-state index contributed by atoms with van der Waals surface area (Å²) in [5.41, 5.74) is 6.15. The first-order valence-electron chi connectivity index (χ1n) is 6.65.